The molecule has 1 aromatic rings. The van der Waals surface area contributed by atoms with Gasteiger partial charge in [0.15, 0.2) is 0 Å². The summed E-state index contributed by atoms with van der Waals surface area (Å²) in [6.45, 7) is 3.93. The number of carboxylic acids is 1. The highest BCUT2D eigenvalue weighted by atomic mass is 35.5. The molecule has 0 spiro atoms. The molecule has 1 fully saturated rings. The number of carbonyl (C=O) groups is 1. The minimum Gasteiger partial charge on any atom is -0.478 e. The smallest absolute Gasteiger partial charge is 0.338 e. The number of non-ortho nitro benzene ring substituents is 1. The number of nitro groups is 1. The van der Waals surface area contributed by atoms with Crippen molar-refractivity contribution in [3.8, 4) is 0 Å². The van der Waals surface area contributed by atoms with Crippen molar-refractivity contribution in [1.29, 1.82) is 0 Å². The van der Waals surface area contributed by atoms with E-state index in [0.717, 1.165) is 18.9 Å². The molecule has 0 aromatic heterocycles. The number of rotatable bonds is 5. The molecule has 108 valence electrons. The first-order valence-electron chi connectivity index (χ1n) is 6.22. The minimum absolute atomic E-state index is 0.0466. The van der Waals surface area contributed by atoms with E-state index in [2.05, 4.69) is 5.32 Å². The van der Waals surface area contributed by atoms with Gasteiger partial charge in [-0.05, 0) is 32.6 Å². The molecule has 1 aromatic carbocycles. The summed E-state index contributed by atoms with van der Waals surface area (Å²) in [4.78, 5) is 21.4. The Hall–Kier alpha value is -1.82. The monoisotopic (exact) mass is 298 g/mol. The molecule has 6 nitrogen and oxygen atoms in total. The Kier molecular flexibility index (Phi) is 3.60. The van der Waals surface area contributed by atoms with Gasteiger partial charge in [0, 0.05) is 17.7 Å². The van der Waals surface area contributed by atoms with Crippen LogP contribution < -0.4 is 5.32 Å². The fourth-order valence-electron chi connectivity index (χ4n) is 2.22. The molecule has 2 rings (SSSR count). The van der Waals surface area contributed by atoms with Crippen LogP contribution in [0.2, 0.25) is 5.02 Å². The van der Waals surface area contributed by atoms with Gasteiger partial charge in [0.05, 0.1) is 21.2 Å². The predicted molar refractivity (Wildman–Crippen MR) is 75.5 cm³/mol. The summed E-state index contributed by atoms with van der Waals surface area (Å²) >= 11 is 6.02. The Morgan fingerprint density at radius 3 is 2.55 bits per heavy atom. The molecule has 1 aliphatic carbocycles. The van der Waals surface area contributed by atoms with Gasteiger partial charge in [-0.15, -0.1) is 0 Å². The van der Waals surface area contributed by atoms with Crippen molar-refractivity contribution in [2.75, 3.05) is 5.32 Å². The lowest BCUT2D eigenvalue weighted by Crippen LogP contribution is -2.34. The van der Waals surface area contributed by atoms with Crippen LogP contribution in [-0.2, 0) is 0 Å². The third-order valence-corrected chi connectivity index (χ3v) is 3.86. The molecule has 0 bridgehead atoms. The molecule has 20 heavy (non-hydrogen) atoms. The van der Waals surface area contributed by atoms with E-state index in [1.807, 2.05) is 13.8 Å². The van der Waals surface area contributed by atoms with Gasteiger partial charge < -0.3 is 10.4 Å². The van der Waals surface area contributed by atoms with Crippen LogP contribution in [0.3, 0.4) is 0 Å². The molecule has 0 amide bonds. The first kappa shape index (κ1) is 14.6. The van der Waals surface area contributed by atoms with Crippen molar-refractivity contribution >= 4 is 28.9 Å². The molecule has 0 heterocycles. The van der Waals surface area contributed by atoms with Crippen molar-refractivity contribution in [2.24, 2.45) is 5.92 Å². The molecule has 1 saturated carbocycles. The highest BCUT2D eigenvalue weighted by molar-refractivity contribution is 6.34. The summed E-state index contributed by atoms with van der Waals surface area (Å²) in [6, 6.07) is 2.19. The van der Waals surface area contributed by atoms with Gasteiger partial charge in [0.2, 0.25) is 0 Å². The number of nitro benzene ring substituents is 1. The number of nitrogens with zero attached hydrogens (tertiary/aromatic N) is 1. The molecule has 2 N–H and O–H groups in total. The summed E-state index contributed by atoms with van der Waals surface area (Å²) in [5, 5.41) is 23.2. The number of anilines is 1. The number of nitrogens with one attached hydrogen (secondary N) is 1. The number of hydrogen-bond acceptors (Lipinski definition) is 4. The first-order chi connectivity index (χ1) is 9.22. The van der Waals surface area contributed by atoms with E-state index < -0.39 is 10.9 Å². The minimum atomic E-state index is -1.25. The van der Waals surface area contributed by atoms with Gasteiger partial charge in [0.25, 0.3) is 5.69 Å². The Morgan fingerprint density at radius 2 is 2.10 bits per heavy atom. The lowest BCUT2D eigenvalue weighted by Gasteiger charge is -2.28. The fourth-order valence-corrected chi connectivity index (χ4v) is 2.48. The van der Waals surface area contributed by atoms with Crippen molar-refractivity contribution in [1.82, 2.24) is 0 Å². The second-order valence-electron chi connectivity index (χ2n) is 5.53. The molecule has 0 atom stereocenters. The number of hydrogen-bond donors (Lipinski definition) is 2. The Morgan fingerprint density at radius 1 is 1.50 bits per heavy atom. The average molecular weight is 299 g/mol. The van der Waals surface area contributed by atoms with Crippen molar-refractivity contribution < 1.29 is 14.8 Å². The van der Waals surface area contributed by atoms with Crippen LogP contribution in [0.15, 0.2) is 12.1 Å². The average Bonchev–Trinajstić information content (AvgIpc) is 3.14. The zero-order valence-electron chi connectivity index (χ0n) is 11.1. The lowest BCUT2D eigenvalue weighted by atomic mass is 9.97. The predicted octanol–water partition coefficient (Wildman–Crippen LogP) is 3.55. The summed E-state index contributed by atoms with van der Waals surface area (Å²) in [7, 11) is 0. The van der Waals surface area contributed by atoms with Crippen molar-refractivity contribution in [3.05, 3.63) is 32.8 Å². The quantitative estimate of drug-likeness (QED) is 0.640. The normalized spacial score (nSPS) is 14.9. The van der Waals surface area contributed by atoms with Crippen molar-refractivity contribution in [3.63, 3.8) is 0 Å². The topological polar surface area (TPSA) is 92.5 Å². The maximum Gasteiger partial charge on any atom is 0.338 e. The first-order valence-corrected chi connectivity index (χ1v) is 6.59. The SMILES string of the molecule is CC(C)(Nc1c(Cl)cc([N+](=O)[O-])cc1C(=O)O)C1CC1. The van der Waals surface area contributed by atoms with Gasteiger partial charge in [-0.25, -0.2) is 4.79 Å². The highest BCUT2D eigenvalue weighted by Gasteiger charge is 2.38. The van der Waals surface area contributed by atoms with E-state index in [0.29, 0.717) is 5.92 Å². The van der Waals surface area contributed by atoms with Gasteiger partial charge >= 0.3 is 5.97 Å². The second kappa shape index (κ2) is 4.94. The molecular weight excluding hydrogens is 284 g/mol. The largest absolute Gasteiger partial charge is 0.478 e. The van der Waals surface area contributed by atoms with Crippen LogP contribution in [0.1, 0.15) is 37.0 Å². The number of carboxylic acid groups (broad SMARTS) is 1. The zero-order valence-corrected chi connectivity index (χ0v) is 11.9. The number of halogens is 1. The van der Waals surface area contributed by atoms with Crippen LogP contribution >= 0.6 is 11.6 Å². The van der Waals surface area contributed by atoms with E-state index in [4.69, 9.17) is 11.6 Å². The summed E-state index contributed by atoms with van der Waals surface area (Å²) in [6.07, 6.45) is 2.15. The molecule has 7 heteroatoms. The molecule has 1 aliphatic rings. The van der Waals surface area contributed by atoms with Gasteiger partial charge in [-0.2, -0.15) is 0 Å². The van der Waals surface area contributed by atoms with Gasteiger partial charge in [-0.1, -0.05) is 11.6 Å². The molecule has 0 aliphatic heterocycles. The zero-order chi connectivity index (χ0) is 15.1. The van der Waals surface area contributed by atoms with Crippen LogP contribution in [0.5, 0.6) is 0 Å². The summed E-state index contributed by atoms with van der Waals surface area (Å²) in [5.41, 5.74) is -0.578. The van der Waals surface area contributed by atoms with E-state index >= 15 is 0 Å². The van der Waals surface area contributed by atoms with Gasteiger partial charge in [-0.3, -0.25) is 10.1 Å². The molecule has 0 unspecified atom stereocenters. The maximum atomic E-state index is 11.3. The van der Waals surface area contributed by atoms with Crippen LogP contribution in [0.25, 0.3) is 0 Å². The fraction of sp³-hybridized carbons (Fsp3) is 0.462. The van der Waals surface area contributed by atoms with Crippen LogP contribution in [0.4, 0.5) is 11.4 Å². The van der Waals surface area contributed by atoms with E-state index in [1.165, 1.54) is 6.07 Å². The number of aromatic carboxylic acids is 1. The molecule has 0 radical (unpaired) electrons. The van der Waals surface area contributed by atoms with Gasteiger partial charge in [0.1, 0.15) is 0 Å². The van der Waals surface area contributed by atoms with E-state index in [9.17, 15) is 20.0 Å². The Balaban J connectivity index is 2.45. The lowest BCUT2D eigenvalue weighted by molar-refractivity contribution is -0.384. The van der Waals surface area contributed by atoms with Crippen LogP contribution in [0, 0.1) is 16.0 Å². The Bertz CT molecular complexity index is 582. The molecule has 0 saturated heterocycles. The van der Waals surface area contributed by atoms with Crippen molar-refractivity contribution in [2.45, 2.75) is 32.2 Å². The number of benzene rings is 1. The van der Waals surface area contributed by atoms with E-state index in [1.54, 1.807) is 0 Å². The summed E-state index contributed by atoms with van der Waals surface area (Å²) in [5.74, 6) is -0.792. The molecular formula is C13H15ClN2O4. The van der Waals surface area contributed by atoms with Crippen LogP contribution in [-0.4, -0.2) is 21.5 Å². The third-order valence-electron chi connectivity index (χ3n) is 3.56. The maximum absolute atomic E-state index is 11.3. The van der Waals surface area contributed by atoms with E-state index in [-0.39, 0.29) is 27.5 Å². The highest BCUT2D eigenvalue weighted by Crippen LogP contribution is 2.43. The summed E-state index contributed by atoms with van der Waals surface area (Å²) < 4.78 is 0. The third kappa shape index (κ3) is 2.85. The Labute approximate surface area is 120 Å². The standard InChI is InChI=1S/C13H15ClN2O4/c1-13(2,7-3-4-7)15-11-9(12(17)18)5-8(16(19)20)6-10(11)14/h5-7,15H,3-4H2,1-2H3,(H,17,18). The second-order valence-corrected chi connectivity index (χ2v) is 5.94.